The van der Waals surface area contributed by atoms with Crippen LogP contribution >= 0.6 is 0 Å². The average molecular weight is 332 g/mol. The van der Waals surface area contributed by atoms with Gasteiger partial charge in [0.15, 0.2) is 5.69 Å². The molecule has 0 aliphatic heterocycles. The van der Waals surface area contributed by atoms with Gasteiger partial charge in [-0.25, -0.2) is 5.43 Å². The standard InChI is InChI=1S/C15H17N5O4/c1-9(12-4-6-13(21)7-5-12)16-17-14(22)8-19-11(3)15(20(23)24)10(2)18-19/h4-7H,8H2,1-3H3,(H2,16,17,21,22)/p+1. The number of aryl methyl sites for hydroxylation is 1. The van der Waals surface area contributed by atoms with Crippen LogP contribution in [0.4, 0.5) is 5.69 Å². The minimum absolute atomic E-state index is 0.0356. The molecule has 126 valence electrons. The van der Waals surface area contributed by atoms with Crippen molar-refractivity contribution in [2.24, 2.45) is 5.10 Å². The lowest BCUT2D eigenvalue weighted by molar-refractivity contribution is -0.745. The highest BCUT2D eigenvalue weighted by atomic mass is 16.6. The van der Waals surface area contributed by atoms with Crippen LogP contribution in [0.5, 0.6) is 5.75 Å². The highest BCUT2D eigenvalue weighted by molar-refractivity contribution is 5.99. The molecule has 24 heavy (non-hydrogen) atoms. The molecule has 1 aromatic heterocycles. The Hall–Kier alpha value is -3.23. The Labute approximate surface area is 137 Å². The fourth-order valence-electron chi connectivity index (χ4n) is 2.26. The third-order valence-corrected chi connectivity index (χ3v) is 3.52. The molecule has 1 aromatic carbocycles. The summed E-state index contributed by atoms with van der Waals surface area (Å²) in [6.07, 6.45) is 0. The maximum absolute atomic E-state index is 12.0. The van der Waals surface area contributed by atoms with E-state index >= 15 is 0 Å². The third-order valence-electron chi connectivity index (χ3n) is 3.52. The SMILES string of the molecule is C/C(=N\NC(=O)C[n+]1[nH]c(C)c([N+](=O)[O-])c1C)c1ccc(O)cc1. The van der Waals surface area contributed by atoms with Gasteiger partial charge in [0.1, 0.15) is 5.75 Å². The summed E-state index contributed by atoms with van der Waals surface area (Å²) in [5.74, 6) is -0.274. The van der Waals surface area contributed by atoms with Crippen LogP contribution in [0.1, 0.15) is 23.9 Å². The van der Waals surface area contributed by atoms with Crippen LogP contribution in [0.3, 0.4) is 0 Å². The zero-order chi connectivity index (χ0) is 17.9. The summed E-state index contributed by atoms with van der Waals surface area (Å²) in [5.41, 5.74) is 4.44. The molecule has 2 aromatic rings. The molecular weight excluding hydrogens is 314 g/mol. The number of phenols is 1. The van der Waals surface area contributed by atoms with Crippen LogP contribution in [0.2, 0.25) is 0 Å². The van der Waals surface area contributed by atoms with Gasteiger partial charge in [0, 0.05) is 6.92 Å². The van der Waals surface area contributed by atoms with Gasteiger partial charge >= 0.3 is 11.6 Å². The van der Waals surface area contributed by atoms with Crippen molar-refractivity contribution in [2.75, 3.05) is 0 Å². The van der Waals surface area contributed by atoms with E-state index in [1.54, 1.807) is 32.9 Å². The summed E-state index contributed by atoms with van der Waals surface area (Å²) in [6.45, 7) is 4.74. The number of hydrogen-bond donors (Lipinski definition) is 3. The number of carbonyl (C=O) groups excluding carboxylic acids is 1. The number of nitro groups is 1. The fraction of sp³-hybridized carbons (Fsp3) is 0.267. The monoisotopic (exact) mass is 332 g/mol. The number of carbonyl (C=O) groups is 1. The first-order chi connectivity index (χ1) is 11.3. The van der Waals surface area contributed by atoms with Gasteiger partial charge in [0.2, 0.25) is 0 Å². The lowest BCUT2D eigenvalue weighted by atomic mass is 10.1. The van der Waals surface area contributed by atoms with Crippen LogP contribution in [0, 0.1) is 24.0 Å². The molecule has 0 aliphatic carbocycles. The van der Waals surface area contributed by atoms with Crippen molar-refractivity contribution in [1.82, 2.24) is 10.5 Å². The second kappa shape index (κ2) is 6.90. The predicted molar refractivity (Wildman–Crippen MR) is 85.6 cm³/mol. The van der Waals surface area contributed by atoms with Crippen LogP contribution in [-0.2, 0) is 11.3 Å². The molecule has 0 aliphatic rings. The van der Waals surface area contributed by atoms with Gasteiger partial charge in [-0.2, -0.15) is 10.2 Å². The van der Waals surface area contributed by atoms with E-state index in [2.05, 4.69) is 15.6 Å². The van der Waals surface area contributed by atoms with E-state index in [1.807, 2.05) is 0 Å². The molecule has 1 heterocycles. The second-order valence-corrected chi connectivity index (χ2v) is 5.29. The third kappa shape index (κ3) is 3.75. The molecule has 0 fully saturated rings. The first kappa shape index (κ1) is 17.1. The molecule has 9 nitrogen and oxygen atoms in total. The molecule has 0 atom stereocenters. The number of phenolic OH excluding ortho intramolecular Hbond substituents is 1. The van der Waals surface area contributed by atoms with Crippen molar-refractivity contribution < 1.29 is 19.5 Å². The Kier molecular flexibility index (Phi) is 4.93. The molecule has 0 saturated heterocycles. The van der Waals surface area contributed by atoms with Gasteiger partial charge < -0.3 is 5.11 Å². The number of aromatic amines is 1. The Morgan fingerprint density at radius 1 is 1.38 bits per heavy atom. The highest BCUT2D eigenvalue weighted by Crippen LogP contribution is 2.17. The summed E-state index contributed by atoms with van der Waals surface area (Å²) in [5, 5.41) is 27.0. The van der Waals surface area contributed by atoms with Crippen molar-refractivity contribution in [3.8, 4) is 5.75 Å². The van der Waals surface area contributed by atoms with Crippen LogP contribution in [0.15, 0.2) is 29.4 Å². The molecule has 2 rings (SSSR count). The maximum Gasteiger partial charge on any atom is 0.361 e. The van der Waals surface area contributed by atoms with E-state index in [-0.39, 0.29) is 18.0 Å². The van der Waals surface area contributed by atoms with E-state index < -0.39 is 10.8 Å². The molecule has 0 radical (unpaired) electrons. The fourth-order valence-corrected chi connectivity index (χ4v) is 2.26. The molecule has 0 bridgehead atoms. The molecule has 9 heteroatoms. The number of amides is 1. The summed E-state index contributed by atoms with van der Waals surface area (Å²) in [7, 11) is 0. The van der Waals surface area contributed by atoms with E-state index in [1.165, 1.54) is 16.8 Å². The molecule has 0 saturated carbocycles. The molecule has 0 spiro atoms. The number of benzene rings is 1. The van der Waals surface area contributed by atoms with Gasteiger partial charge in [0.05, 0.1) is 10.6 Å². The number of hydrazone groups is 1. The number of aromatic nitrogens is 2. The number of nitrogens with zero attached hydrogens (tertiary/aromatic N) is 3. The number of rotatable bonds is 5. The lowest BCUT2D eigenvalue weighted by Crippen LogP contribution is -2.45. The van der Waals surface area contributed by atoms with Gasteiger partial charge in [-0.1, -0.05) is 4.68 Å². The topological polar surface area (TPSA) is 125 Å². The van der Waals surface area contributed by atoms with Crippen molar-refractivity contribution in [3.05, 3.63) is 51.3 Å². The van der Waals surface area contributed by atoms with Crippen LogP contribution in [0.25, 0.3) is 0 Å². The van der Waals surface area contributed by atoms with E-state index in [4.69, 9.17) is 0 Å². The Morgan fingerprint density at radius 2 is 2.00 bits per heavy atom. The smallest absolute Gasteiger partial charge is 0.361 e. The first-order valence-electron chi connectivity index (χ1n) is 7.15. The minimum Gasteiger partial charge on any atom is -0.508 e. The molecule has 0 unspecified atom stereocenters. The number of aromatic hydroxyl groups is 1. The first-order valence-corrected chi connectivity index (χ1v) is 7.15. The van der Waals surface area contributed by atoms with Crippen molar-refractivity contribution in [1.29, 1.82) is 0 Å². The Balaban J connectivity index is 2.06. The summed E-state index contributed by atoms with van der Waals surface area (Å²) < 4.78 is 1.40. The summed E-state index contributed by atoms with van der Waals surface area (Å²) >= 11 is 0. The average Bonchev–Trinajstić information content (AvgIpc) is 2.79. The molecule has 3 N–H and O–H groups in total. The maximum atomic E-state index is 12.0. The van der Waals surface area contributed by atoms with Crippen molar-refractivity contribution in [3.63, 3.8) is 0 Å². The van der Waals surface area contributed by atoms with E-state index in [0.717, 1.165) is 5.56 Å². The zero-order valence-corrected chi connectivity index (χ0v) is 13.5. The van der Waals surface area contributed by atoms with Crippen molar-refractivity contribution >= 4 is 17.3 Å². The highest BCUT2D eigenvalue weighted by Gasteiger charge is 2.29. The Bertz CT molecular complexity index is 808. The summed E-state index contributed by atoms with van der Waals surface area (Å²) in [4.78, 5) is 22.5. The number of H-pyrrole nitrogens is 1. The quantitative estimate of drug-likeness (QED) is 0.328. The van der Waals surface area contributed by atoms with Gasteiger partial charge in [0.25, 0.3) is 12.2 Å². The number of nitrogens with one attached hydrogen (secondary N) is 2. The van der Waals surface area contributed by atoms with E-state index in [0.29, 0.717) is 17.1 Å². The largest absolute Gasteiger partial charge is 0.508 e. The van der Waals surface area contributed by atoms with Gasteiger partial charge in [-0.3, -0.25) is 14.9 Å². The van der Waals surface area contributed by atoms with E-state index in [9.17, 15) is 20.0 Å². The normalized spacial score (nSPS) is 11.4. The van der Waals surface area contributed by atoms with Crippen molar-refractivity contribution in [2.45, 2.75) is 27.3 Å². The van der Waals surface area contributed by atoms with Gasteiger partial charge in [-0.15, -0.1) is 0 Å². The zero-order valence-electron chi connectivity index (χ0n) is 13.5. The van der Waals surface area contributed by atoms with Crippen LogP contribution < -0.4 is 10.1 Å². The summed E-state index contributed by atoms with van der Waals surface area (Å²) in [6, 6.07) is 6.40. The second-order valence-electron chi connectivity index (χ2n) is 5.29. The number of hydrogen-bond acceptors (Lipinski definition) is 5. The lowest BCUT2D eigenvalue weighted by Gasteiger charge is -2.01. The molecular formula is C15H18N5O4+. The van der Waals surface area contributed by atoms with Gasteiger partial charge in [-0.05, 0) is 43.7 Å². The Morgan fingerprint density at radius 3 is 2.54 bits per heavy atom. The predicted octanol–water partition coefficient (Wildman–Crippen LogP) is 1.07. The molecule has 1 amide bonds. The minimum atomic E-state index is -0.483. The van der Waals surface area contributed by atoms with Crippen LogP contribution in [-0.4, -0.2) is 26.7 Å².